The summed E-state index contributed by atoms with van der Waals surface area (Å²) in [6, 6.07) is 1.49. The zero-order valence-electron chi connectivity index (χ0n) is 7.68. The molecular formula is C7H7BClF3KN. The predicted molar refractivity (Wildman–Crippen MR) is 46.8 cm³/mol. The van der Waals surface area contributed by atoms with Gasteiger partial charge in [0, 0.05) is 17.4 Å². The normalized spacial score (nSPS) is 10.9. The Kier molecular flexibility index (Phi) is 6.93. The smallest absolute Gasteiger partial charge is 0.449 e. The maximum Gasteiger partial charge on any atom is 1.00 e. The van der Waals surface area contributed by atoms with Crippen molar-refractivity contribution in [2.24, 2.45) is 0 Å². The number of aryl methyl sites for hydroxylation is 1. The molecular weight excluding hydrogens is 240 g/mol. The number of pyridine rings is 1. The van der Waals surface area contributed by atoms with Crippen molar-refractivity contribution in [1.82, 2.24) is 4.98 Å². The predicted octanol–water partition coefficient (Wildman–Crippen LogP) is 0.129. The average Bonchev–Trinajstić information content (AvgIpc) is 2.01. The van der Waals surface area contributed by atoms with E-state index in [4.69, 9.17) is 11.6 Å². The summed E-state index contributed by atoms with van der Waals surface area (Å²) >= 11 is 5.65. The van der Waals surface area contributed by atoms with E-state index in [1.807, 2.05) is 0 Å². The number of halogens is 4. The van der Waals surface area contributed by atoms with Crippen molar-refractivity contribution in [3.63, 3.8) is 0 Å². The molecule has 0 atom stereocenters. The van der Waals surface area contributed by atoms with E-state index in [9.17, 15) is 12.9 Å². The van der Waals surface area contributed by atoms with Crippen LogP contribution in [0.4, 0.5) is 12.9 Å². The minimum Gasteiger partial charge on any atom is -0.449 e. The van der Waals surface area contributed by atoms with Gasteiger partial charge in [0.2, 0.25) is 0 Å². The first-order valence-corrected chi connectivity index (χ1v) is 4.16. The third kappa shape index (κ3) is 5.73. The number of hydrogen-bond donors (Lipinski definition) is 0. The molecule has 0 fully saturated rings. The maximum absolute atomic E-state index is 11.9. The summed E-state index contributed by atoms with van der Waals surface area (Å²) in [6.07, 6.45) is 1.93. The second kappa shape index (κ2) is 6.50. The van der Waals surface area contributed by atoms with Gasteiger partial charge in [-0.25, -0.2) is 0 Å². The van der Waals surface area contributed by atoms with Gasteiger partial charge in [-0.3, -0.25) is 4.98 Å². The number of rotatable bonds is 3. The summed E-state index contributed by atoms with van der Waals surface area (Å²) in [4.78, 5) is 3.70. The van der Waals surface area contributed by atoms with Crippen LogP contribution in [0.5, 0.6) is 0 Å². The van der Waals surface area contributed by atoms with E-state index in [0.717, 1.165) is 0 Å². The van der Waals surface area contributed by atoms with E-state index >= 15 is 0 Å². The van der Waals surface area contributed by atoms with Gasteiger partial charge in [-0.2, -0.15) is 0 Å². The van der Waals surface area contributed by atoms with Crippen LogP contribution in [-0.4, -0.2) is 12.0 Å². The molecule has 0 N–H and O–H groups in total. The van der Waals surface area contributed by atoms with Gasteiger partial charge in [-0.1, -0.05) is 17.9 Å². The van der Waals surface area contributed by atoms with E-state index in [2.05, 4.69) is 4.98 Å². The molecule has 0 radical (unpaired) electrons. The zero-order valence-corrected chi connectivity index (χ0v) is 11.6. The summed E-state index contributed by atoms with van der Waals surface area (Å²) in [5.74, 6) is 0. The van der Waals surface area contributed by atoms with E-state index in [1.54, 1.807) is 0 Å². The van der Waals surface area contributed by atoms with Crippen LogP contribution >= 0.6 is 11.6 Å². The van der Waals surface area contributed by atoms with Gasteiger partial charge in [0.05, 0.1) is 0 Å². The van der Waals surface area contributed by atoms with Crippen LogP contribution < -0.4 is 51.4 Å². The molecule has 0 unspecified atom stereocenters. The Morgan fingerprint density at radius 3 is 2.50 bits per heavy atom. The maximum atomic E-state index is 11.9. The minimum absolute atomic E-state index is 0. The van der Waals surface area contributed by atoms with E-state index in [0.29, 0.717) is 10.6 Å². The minimum atomic E-state index is -4.73. The molecule has 0 aliphatic carbocycles. The van der Waals surface area contributed by atoms with Crippen molar-refractivity contribution in [2.75, 3.05) is 0 Å². The first-order valence-electron chi connectivity index (χ1n) is 3.78. The number of aromatic nitrogens is 1. The Morgan fingerprint density at radius 2 is 2.00 bits per heavy atom. The molecule has 0 aromatic carbocycles. The Hall–Kier alpha value is 0.931. The van der Waals surface area contributed by atoms with Crippen molar-refractivity contribution < 1.29 is 64.3 Å². The summed E-state index contributed by atoms with van der Waals surface area (Å²) in [5.41, 5.74) is 0.448. The first-order chi connectivity index (χ1) is 5.99. The Labute approximate surface area is 128 Å². The molecule has 0 spiro atoms. The Bertz CT molecular complexity index is 295. The largest absolute Gasteiger partial charge is 1.00 e. The number of hydrogen-bond acceptors (Lipinski definition) is 1. The second-order valence-corrected chi connectivity index (χ2v) is 3.12. The monoisotopic (exact) mass is 247 g/mol. The van der Waals surface area contributed by atoms with Crippen LogP contribution in [-0.2, 0) is 6.42 Å². The van der Waals surface area contributed by atoms with E-state index in [-0.39, 0.29) is 57.8 Å². The third-order valence-electron chi connectivity index (χ3n) is 1.59. The molecule has 1 aromatic heterocycles. The van der Waals surface area contributed by atoms with E-state index in [1.165, 1.54) is 18.5 Å². The molecule has 0 amide bonds. The molecule has 1 heterocycles. The van der Waals surface area contributed by atoms with Crippen molar-refractivity contribution in [1.29, 1.82) is 0 Å². The molecule has 0 aliphatic rings. The summed E-state index contributed by atoms with van der Waals surface area (Å²) in [5, 5.41) is 0.343. The fraction of sp³-hybridized carbons (Fsp3) is 0.286. The summed E-state index contributed by atoms with van der Waals surface area (Å²) in [7, 11) is 0. The average molecular weight is 247 g/mol. The van der Waals surface area contributed by atoms with Gasteiger partial charge in [0.25, 0.3) is 0 Å². The van der Waals surface area contributed by atoms with Crippen LogP contribution in [0.2, 0.25) is 11.3 Å². The summed E-state index contributed by atoms with van der Waals surface area (Å²) in [6.45, 7) is -4.73. The molecule has 72 valence electrons. The Morgan fingerprint density at radius 1 is 1.36 bits per heavy atom. The van der Waals surface area contributed by atoms with Crippen LogP contribution in [0.15, 0.2) is 18.5 Å². The van der Waals surface area contributed by atoms with Gasteiger partial charge in [-0.15, -0.1) is 0 Å². The van der Waals surface area contributed by atoms with Crippen LogP contribution in [0.1, 0.15) is 5.56 Å². The standard InChI is InChI=1S/C7H7BClF3N.K/c9-7-2-4-13-5-6(7)1-3-8(10,11)12;/h2,4-5H,1,3H2;/q-1;+1. The van der Waals surface area contributed by atoms with Gasteiger partial charge >= 0.3 is 58.4 Å². The van der Waals surface area contributed by atoms with Gasteiger partial charge in [0.15, 0.2) is 0 Å². The van der Waals surface area contributed by atoms with Gasteiger partial charge < -0.3 is 12.9 Å². The second-order valence-electron chi connectivity index (χ2n) is 2.72. The van der Waals surface area contributed by atoms with Crippen molar-refractivity contribution >= 4 is 18.6 Å². The van der Waals surface area contributed by atoms with Crippen molar-refractivity contribution in [3.05, 3.63) is 29.0 Å². The third-order valence-corrected chi connectivity index (χ3v) is 1.95. The Balaban J connectivity index is 0.00000169. The molecule has 0 saturated heterocycles. The van der Waals surface area contributed by atoms with Gasteiger partial charge in [-0.05, 0) is 18.1 Å². The molecule has 0 bridgehead atoms. The molecule has 1 aromatic rings. The van der Waals surface area contributed by atoms with E-state index < -0.39 is 13.3 Å². The van der Waals surface area contributed by atoms with Crippen molar-refractivity contribution in [3.8, 4) is 0 Å². The van der Waals surface area contributed by atoms with Crippen LogP contribution in [0, 0.1) is 0 Å². The quantitative estimate of drug-likeness (QED) is 0.692. The molecule has 7 heteroatoms. The fourth-order valence-corrected chi connectivity index (χ4v) is 1.11. The molecule has 14 heavy (non-hydrogen) atoms. The van der Waals surface area contributed by atoms with Crippen LogP contribution in [0.3, 0.4) is 0 Å². The summed E-state index contributed by atoms with van der Waals surface area (Å²) < 4.78 is 35.6. The topological polar surface area (TPSA) is 12.9 Å². The fourth-order valence-electron chi connectivity index (χ4n) is 0.913. The molecule has 0 aliphatic heterocycles. The SMILES string of the molecule is F[B-](F)(F)CCc1cnccc1Cl.[K+]. The molecule has 0 saturated carbocycles. The van der Waals surface area contributed by atoms with Gasteiger partial charge in [0.1, 0.15) is 0 Å². The molecule has 1 rings (SSSR count). The first kappa shape index (κ1) is 14.9. The van der Waals surface area contributed by atoms with Crippen LogP contribution in [0.25, 0.3) is 0 Å². The number of nitrogens with zero attached hydrogens (tertiary/aromatic N) is 1. The zero-order chi connectivity index (χ0) is 9.90. The molecule has 1 nitrogen and oxygen atoms in total. The van der Waals surface area contributed by atoms with Crippen molar-refractivity contribution in [2.45, 2.75) is 12.7 Å².